The zero-order valence-corrected chi connectivity index (χ0v) is 19.2. The molecule has 0 aliphatic carbocycles. The van der Waals surface area contributed by atoms with Crippen molar-refractivity contribution in [2.24, 2.45) is 0 Å². The highest BCUT2D eigenvalue weighted by atomic mass is 32.2. The molecule has 4 heterocycles. The molecule has 5 rings (SSSR count). The van der Waals surface area contributed by atoms with Crippen LogP contribution in [0.2, 0.25) is 0 Å². The first-order chi connectivity index (χ1) is 16.0. The fourth-order valence-electron chi connectivity index (χ4n) is 3.92. The lowest BCUT2D eigenvalue weighted by molar-refractivity contribution is -0.120. The van der Waals surface area contributed by atoms with E-state index in [1.54, 1.807) is 17.5 Å². The van der Waals surface area contributed by atoms with Gasteiger partial charge in [0.15, 0.2) is 11.5 Å². The van der Waals surface area contributed by atoms with Gasteiger partial charge in [-0.3, -0.25) is 10.1 Å². The Morgan fingerprint density at radius 1 is 1.15 bits per heavy atom. The van der Waals surface area contributed by atoms with E-state index in [1.165, 1.54) is 4.31 Å². The summed E-state index contributed by atoms with van der Waals surface area (Å²) in [6, 6.07) is 7.89. The molecule has 1 aromatic carbocycles. The Bertz CT molecular complexity index is 1240. The summed E-state index contributed by atoms with van der Waals surface area (Å²) in [6.07, 6.45) is 2.23. The molecule has 10 nitrogen and oxygen atoms in total. The highest BCUT2D eigenvalue weighted by Gasteiger charge is 2.38. The molecule has 2 aliphatic rings. The van der Waals surface area contributed by atoms with E-state index < -0.39 is 22.0 Å². The van der Waals surface area contributed by atoms with Crippen LogP contribution in [-0.4, -0.2) is 54.6 Å². The summed E-state index contributed by atoms with van der Waals surface area (Å²) in [6.45, 7) is 1.30. The maximum Gasteiger partial charge on any atom is 0.322 e. The molecular formula is C21H22N4O6S2. The minimum atomic E-state index is -3.75. The van der Waals surface area contributed by atoms with Gasteiger partial charge in [0, 0.05) is 6.54 Å². The van der Waals surface area contributed by atoms with Gasteiger partial charge in [-0.05, 0) is 42.0 Å². The second-order valence-corrected chi connectivity index (χ2v) is 10.8. The molecule has 1 unspecified atom stereocenters. The van der Waals surface area contributed by atoms with Gasteiger partial charge in [-0.15, -0.1) is 16.4 Å². The zero-order valence-electron chi connectivity index (χ0n) is 17.6. The maximum atomic E-state index is 13.0. The Morgan fingerprint density at radius 2 is 2.00 bits per heavy atom. The standard InChI is InChI=1S/C21H22N4O6S2/c26-20(15-4-1-2-8-25(15)33(27,28)19-5-3-11-32-19)22-21-24-23-18(31-21)13-14-6-7-16-17(12-14)30-10-9-29-16/h3,5-7,11-12,15H,1-2,4,8-10,13H2,(H,22,24,26). The molecule has 3 aromatic rings. The molecule has 12 heteroatoms. The number of hydrogen-bond acceptors (Lipinski definition) is 9. The lowest BCUT2D eigenvalue weighted by atomic mass is 10.0. The average Bonchev–Trinajstić information content (AvgIpc) is 3.52. The van der Waals surface area contributed by atoms with Crippen LogP contribution in [0.3, 0.4) is 0 Å². The predicted molar refractivity (Wildman–Crippen MR) is 119 cm³/mol. The number of hydrogen-bond donors (Lipinski definition) is 1. The number of carbonyl (C=O) groups excluding carboxylic acids is 1. The number of nitrogens with one attached hydrogen (secondary N) is 1. The van der Waals surface area contributed by atoms with E-state index in [-0.39, 0.29) is 16.8 Å². The molecule has 33 heavy (non-hydrogen) atoms. The third-order valence-electron chi connectivity index (χ3n) is 5.47. The molecule has 1 fully saturated rings. The van der Waals surface area contributed by atoms with Gasteiger partial charge >= 0.3 is 6.01 Å². The fraction of sp³-hybridized carbons (Fsp3) is 0.381. The minimum absolute atomic E-state index is 0.0633. The first-order valence-corrected chi connectivity index (χ1v) is 12.9. The van der Waals surface area contributed by atoms with Crippen molar-refractivity contribution < 1.29 is 27.1 Å². The SMILES string of the molecule is O=C(Nc1nnc(Cc2ccc3c(c2)OCCO3)o1)C1CCCCN1S(=O)(=O)c1cccs1. The van der Waals surface area contributed by atoms with Crippen molar-refractivity contribution in [1.29, 1.82) is 0 Å². The van der Waals surface area contributed by atoms with Gasteiger partial charge in [0.05, 0.1) is 6.42 Å². The normalized spacial score (nSPS) is 18.7. The number of fused-ring (bicyclic) bond motifs is 1. The van der Waals surface area contributed by atoms with Crippen molar-refractivity contribution in [3.8, 4) is 11.5 Å². The monoisotopic (exact) mass is 490 g/mol. The molecule has 0 bridgehead atoms. The predicted octanol–water partition coefficient (Wildman–Crippen LogP) is 2.68. The van der Waals surface area contributed by atoms with Crippen LogP contribution in [-0.2, 0) is 21.2 Å². The van der Waals surface area contributed by atoms with Gasteiger partial charge < -0.3 is 13.9 Å². The van der Waals surface area contributed by atoms with Gasteiger partial charge in [0.2, 0.25) is 11.8 Å². The topological polar surface area (TPSA) is 124 Å². The van der Waals surface area contributed by atoms with Crippen molar-refractivity contribution in [1.82, 2.24) is 14.5 Å². The quantitative estimate of drug-likeness (QED) is 0.559. The number of benzene rings is 1. The van der Waals surface area contributed by atoms with Crippen LogP contribution >= 0.6 is 11.3 Å². The van der Waals surface area contributed by atoms with Crippen molar-refractivity contribution in [3.63, 3.8) is 0 Å². The first kappa shape index (κ1) is 21.9. The molecule has 0 saturated carbocycles. The third-order valence-corrected chi connectivity index (χ3v) is 8.75. The van der Waals surface area contributed by atoms with Crippen molar-refractivity contribution in [3.05, 3.63) is 47.2 Å². The summed E-state index contributed by atoms with van der Waals surface area (Å²) in [7, 11) is -3.75. The van der Waals surface area contributed by atoms with Crippen LogP contribution in [0.15, 0.2) is 44.3 Å². The van der Waals surface area contributed by atoms with Crippen LogP contribution in [0.25, 0.3) is 0 Å². The van der Waals surface area contributed by atoms with E-state index >= 15 is 0 Å². The second kappa shape index (κ2) is 9.12. The highest BCUT2D eigenvalue weighted by molar-refractivity contribution is 7.91. The molecule has 1 amide bonds. The van der Waals surface area contributed by atoms with E-state index in [2.05, 4.69) is 15.5 Å². The number of ether oxygens (including phenoxy) is 2. The van der Waals surface area contributed by atoms with Gasteiger partial charge in [-0.1, -0.05) is 23.7 Å². The summed E-state index contributed by atoms with van der Waals surface area (Å²) < 4.78 is 44.2. The number of nitrogens with zero attached hydrogens (tertiary/aromatic N) is 3. The summed E-state index contributed by atoms with van der Waals surface area (Å²) in [5, 5.41) is 12.2. The van der Waals surface area contributed by atoms with Crippen LogP contribution in [0.4, 0.5) is 6.01 Å². The first-order valence-electron chi connectivity index (χ1n) is 10.6. The number of piperidine rings is 1. The van der Waals surface area contributed by atoms with E-state index in [1.807, 2.05) is 18.2 Å². The summed E-state index contributed by atoms with van der Waals surface area (Å²) >= 11 is 1.13. The Hall–Kier alpha value is -2.96. The van der Waals surface area contributed by atoms with Crippen LogP contribution in [0.5, 0.6) is 11.5 Å². The lowest BCUT2D eigenvalue weighted by Crippen LogP contribution is -2.49. The molecule has 174 valence electrons. The molecular weight excluding hydrogens is 468 g/mol. The smallest absolute Gasteiger partial charge is 0.322 e. The van der Waals surface area contributed by atoms with Gasteiger partial charge in [0.1, 0.15) is 23.5 Å². The number of rotatable bonds is 6. The molecule has 1 N–H and O–H groups in total. The molecule has 2 aromatic heterocycles. The summed E-state index contributed by atoms with van der Waals surface area (Å²) in [4.78, 5) is 13.0. The average molecular weight is 491 g/mol. The molecule has 1 saturated heterocycles. The second-order valence-electron chi connectivity index (χ2n) is 7.70. The Balaban J connectivity index is 1.27. The Labute approximate surface area is 194 Å². The van der Waals surface area contributed by atoms with E-state index in [0.717, 1.165) is 23.3 Å². The largest absolute Gasteiger partial charge is 0.486 e. The summed E-state index contributed by atoms with van der Waals surface area (Å²) in [5.74, 6) is 1.19. The van der Waals surface area contributed by atoms with Crippen LogP contribution < -0.4 is 14.8 Å². The van der Waals surface area contributed by atoms with E-state index in [4.69, 9.17) is 13.9 Å². The molecule has 1 atom stereocenters. The molecule has 2 aliphatic heterocycles. The number of thiophene rings is 1. The number of amides is 1. The molecule has 0 radical (unpaired) electrons. The van der Waals surface area contributed by atoms with E-state index in [0.29, 0.717) is 49.9 Å². The van der Waals surface area contributed by atoms with Crippen LogP contribution in [0.1, 0.15) is 30.7 Å². The maximum absolute atomic E-state index is 13.0. The highest BCUT2D eigenvalue weighted by Crippen LogP contribution is 2.32. The number of carbonyl (C=O) groups is 1. The zero-order chi connectivity index (χ0) is 22.8. The number of sulfonamides is 1. The molecule has 0 spiro atoms. The van der Waals surface area contributed by atoms with E-state index in [9.17, 15) is 13.2 Å². The minimum Gasteiger partial charge on any atom is -0.486 e. The summed E-state index contributed by atoms with van der Waals surface area (Å²) in [5.41, 5.74) is 0.890. The number of anilines is 1. The Morgan fingerprint density at radius 3 is 2.82 bits per heavy atom. The fourth-order valence-corrected chi connectivity index (χ4v) is 6.69. The van der Waals surface area contributed by atoms with Gasteiger partial charge in [-0.2, -0.15) is 4.31 Å². The van der Waals surface area contributed by atoms with Crippen LogP contribution in [0, 0.1) is 0 Å². The lowest BCUT2D eigenvalue weighted by Gasteiger charge is -2.32. The number of aromatic nitrogens is 2. The van der Waals surface area contributed by atoms with Crippen molar-refractivity contribution in [2.75, 3.05) is 25.1 Å². The van der Waals surface area contributed by atoms with Crippen molar-refractivity contribution >= 4 is 33.3 Å². The van der Waals surface area contributed by atoms with Gasteiger partial charge in [0.25, 0.3) is 10.0 Å². The van der Waals surface area contributed by atoms with Gasteiger partial charge in [-0.25, -0.2) is 8.42 Å². The van der Waals surface area contributed by atoms with Crippen molar-refractivity contribution in [2.45, 2.75) is 35.9 Å². The Kier molecular flexibility index (Phi) is 6.04. The third kappa shape index (κ3) is 4.59.